The van der Waals surface area contributed by atoms with Crippen molar-refractivity contribution in [1.82, 2.24) is 0 Å². The van der Waals surface area contributed by atoms with Crippen LogP contribution in [-0.2, 0) is 9.05 Å². The van der Waals surface area contributed by atoms with Crippen LogP contribution in [0.25, 0.3) is 9.40 Å². The molecule has 0 fully saturated rings. The largest absolute Gasteiger partial charge is 0.331 e. The molecule has 0 unspecified atom stereocenters. The monoisotopic (exact) mass is 290 g/mol. The fraction of sp³-hybridized carbons (Fsp3) is 0.364. The van der Waals surface area contributed by atoms with Crippen LogP contribution < -0.4 is 0 Å². The summed E-state index contributed by atoms with van der Waals surface area (Å²) in [5, 5.41) is 0. The summed E-state index contributed by atoms with van der Waals surface area (Å²) in [7, 11) is -2.86. The fourth-order valence-electron chi connectivity index (χ4n) is 1.44. The van der Waals surface area contributed by atoms with Crippen molar-refractivity contribution < 1.29 is 13.9 Å². The van der Waals surface area contributed by atoms with Gasteiger partial charge in [0, 0.05) is 9.40 Å². The van der Waals surface area contributed by atoms with Crippen molar-refractivity contribution >= 4 is 39.6 Å². The zero-order valence-corrected chi connectivity index (χ0v) is 12.3. The van der Waals surface area contributed by atoms with Crippen molar-refractivity contribution in [2.24, 2.45) is 0 Å². The van der Waals surface area contributed by atoms with E-state index in [1.165, 1.54) is 0 Å². The summed E-state index contributed by atoms with van der Waals surface area (Å²) in [5.74, 6) is 0. The summed E-state index contributed by atoms with van der Waals surface area (Å²) in [5.41, 5.74) is 0. The Morgan fingerprint density at radius 3 is 1.94 bits per heavy atom. The molecule has 3 nitrogen and oxygen atoms in total. The Morgan fingerprint density at radius 2 is 1.53 bits per heavy atom. The predicted molar refractivity (Wildman–Crippen MR) is 75.3 cm³/mol. The second-order valence-electron chi connectivity index (χ2n) is 3.27. The van der Waals surface area contributed by atoms with Crippen molar-refractivity contribution in [1.29, 1.82) is 0 Å². The molecule has 0 amide bonds. The van der Waals surface area contributed by atoms with E-state index in [9.17, 15) is 4.89 Å². The molecule has 0 spiro atoms. The smallest absolute Gasteiger partial charge is 0.283 e. The second-order valence-corrected chi connectivity index (χ2v) is 8.25. The molecule has 1 aromatic heterocycles. The summed E-state index contributed by atoms with van der Waals surface area (Å²) in [6.45, 7) is 4.63. The third kappa shape index (κ3) is 2.81. The Bertz CT molecular complexity index is 541. The number of hydrogen-bond acceptors (Lipinski definition) is 5. The van der Waals surface area contributed by atoms with Crippen LogP contribution in [0.4, 0.5) is 0 Å². The van der Waals surface area contributed by atoms with E-state index >= 15 is 0 Å². The van der Waals surface area contributed by atoms with Crippen LogP contribution in [0.2, 0.25) is 0 Å². The standard InChI is InChI=1S/C11H15O3PS2/c1-3-13-15(12,14-4-2)11-16-9-7-5-6-8-10(9)17-11/h5-8,12H,3-4H2,1-2H3. The van der Waals surface area contributed by atoms with Gasteiger partial charge in [0.15, 0.2) is 3.57 Å². The maximum atomic E-state index is 10.5. The van der Waals surface area contributed by atoms with E-state index in [1.54, 1.807) is 22.7 Å². The first-order chi connectivity index (χ1) is 8.19. The van der Waals surface area contributed by atoms with Crippen molar-refractivity contribution in [3.05, 3.63) is 27.8 Å². The lowest BCUT2D eigenvalue weighted by Crippen LogP contribution is -1.94. The second kappa shape index (κ2) is 5.65. The van der Waals surface area contributed by atoms with Crippen molar-refractivity contribution in [2.75, 3.05) is 13.2 Å². The van der Waals surface area contributed by atoms with Crippen LogP contribution in [0.1, 0.15) is 13.8 Å². The Hall–Kier alpha value is -0.160. The average Bonchev–Trinajstić information content (AvgIpc) is 2.74. The summed E-state index contributed by atoms with van der Waals surface area (Å²) in [4.78, 5) is 10.5. The van der Waals surface area contributed by atoms with Crippen LogP contribution in [0.5, 0.6) is 0 Å². The Balaban J connectivity index is 2.67. The number of fused-ring (bicyclic) bond motifs is 1. The van der Waals surface area contributed by atoms with Crippen molar-refractivity contribution in [3.8, 4) is 0 Å². The highest BCUT2D eigenvalue weighted by Gasteiger charge is 2.18. The van der Waals surface area contributed by atoms with Gasteiger partial charge in [0.05, 0.1) is 13.2 Å². The molecular formula is C11H15O3PS2. The van der Waals surface area contributed by atoms with E-state index in [2.05, 4.69) is 0 Å². The predicted octanol–water partition coefficient (Wildman–Crippen LogP) is 4.32. The minimum atomic E-state index is -2.86. The molecule has 1 heterocycles. The lowest BCUT2D eigenvalue weighted by Gasteiger charge is -2.16. The fourth-order valence-corrected chi connectivity index (χ4v) is 6.53. The van der Waals surface area contributed by atoms with E-state index in [1.807, 2.05) is 38.1 Å². The molecule has 0 bridgehead atoms. The Morgan fingerprint density at radius 1 is 1.06 bits per heavy atom. The third-order valence-electron chi connectivity index (χ3n) is 2.08. The van der Waals surface area contributed by atoms with Gasteiger partial charge in [0.25, 0.3) is 7.57 Å². The molecular weight excluding hydrogens is 275 g/mol. The zero-order chi connectivity index (χ0) is 12.3. The summed E-state index contributed by atoms with van der Waals surface area (Å²) < 4.78 is 14.1. The molecule has 1 aromatic carbocycles. The molecule has 0 aliphatic carbocycles. The van der Waals surface area contributed by atoms with Crippen LogP contribution >= 0.6 is 30.2 Å². The lowest BCUT2D eigenvalue weighted by atomic mass is 10.4. The van der Waals surface area contributed by atoms with E-state index < -0.39 is 7.57 Å². The van der Waals surface area contributed by atoms with E-state index in [-0.39, 0.29) is 0 Å². The third-order valence-corrected chi connectivity index (χ3v) is 7.82. The van der Waals surface area contributed by atoms with Gasteiger partial charge in [-0.15, -0.1) is 22.7 Å². The highest BCUT2D eigenvalue weighted by atomic mass is 32.2. The molecule has 6 heteroatoms. The molecule has 0 saturated carbocycles. The molecule has 0 aliphatic heterocycles. The SMILES string of the molecule is CCOP(O)(OCC)=c1sc2ccccc2s1. The van der Waals surface area contributed by atoms with Gasteiger partial charge in [-0.25, -0.2) is 0 Å². The Kier molecular flexibility index (Phi) is 4.42. The number of benzene rings is 1. The number of hydrogen-bond donors (Lipinski definition) is 1. The normalized spacial score (nSPS) is 12.2. The van der Waals surface area contributed by atoms with Crippen molar-refractivity contribution in [3.63, 3.8) is 0 Å². The molecule has 0 aliphatic rings. The quantitative estimate of drug-likeness (QED) is 0.852. The zero-order valence-electron chi connectivity index (χ0n) is 9.75. The summed E-state index contributed by atoms with van der Waals surface area (Å²) in [6.07, 6.45) is 0. The minimum Gasteiger partial charge on any atom is -0.331 e. The van der Waals surface area contributed by atoms with Gasteiger partial charge < -0.3 is 13.9 Å². The number of rotatable bonds is 4. The highest BCUT2D eigenvalue weighted by Crippen LogP contribution is 2.52. The molecule has 17 heavy (non-hydrogen) atoms. The molecule has 1 N–H and O–H groups in total. The Labute approximate surface area is 108 Å². The molecule has 94 valence electrons. The minimum absolute atomic E-state index is 0.450. The lowest BCUT2D eigenvalue weighted by molar-refractivity contribution is 0.207. The molecule has 2 rings (SSSR count). The van der Waals surface area contributed by atoms with Gasteiger partial charge in [-0.3, -0.25) is 0 Å². The highest BCUT2D eigenvalue weighted by molar-refractivity contribution is 7.61. The molecule has 0 saturated heterocycles. The van der Waals surface area contributed by atoms with Gasteiger partial charge in [-0.2, -0.15) is 0 Å². The van der Waals surface area contributed by atoms with Crippen LogP contribution in [0.15, 0.2) is 24.3 Å². The molecule has 0 atom stereocenters. The van der Waals surface area contributed by atoms with Gasteiger partial charge >= 0.3 is 0 Å². The van der Waals surface area contributed by atoms with Crippen LogP contribution in [0.3, 0.4) is 0 Å². The molecule has 2 aromatic rings. The van der Waals surface area contributed by atoms with Gasteiger partial charge in [0.1, 0.15) is 0 Å². The average molecular weight is 290 g/mol. The van der Waals surface area contributed by atoms with E-state index in [0.717, 1.165) is 13.0 Å². The van der Waals surface area contributed by atoms with Crippen molar-refractivity contribution in [2.45, 2.75) is 13.8 Å². The van der Waals surface area contributed by atoms with Crippen LogP contribution in [-0.4, -0.2) is 18.1 Å². The topological polar surface area (TPSA) is 38.7 Å². The van der Waals surface area contributed by atoms with E-state index in [4.69, 9.17) is 9.05 Å². The maximum Gasteiger partial charge on any atom is 0.283 e. The first-order valence-electron chi connectivity index (χ1n) is 5.42. The van der Waals surface area contributed by atoms with E-state index in [0.29, 0.717) is 13.2 Å². The van der Waals surface area contributed by atoms with Gasteiger partial charge in [-0.1, -0.05) is 12.1 Å². The summed E-state index contributed by atoms with van der Waals surface area (Å²) >= 11 is 3.10. The maximum absolute atomic E-state index is 10.5. The van der Waals surface area contributed by atoms with Gasteiger partial charge in [-0.05, 0) is 26.0 Å². The first kappa shape index (κ1) is 13.3. The first-order valence-corrected chi connectivity index (χ1v) is 8.63. The van der Waals surface area contributed by atoms with Gasteiger partial charge in [0.2, 0.25) is 0 Å². The summed E-state index contributed by atoms with van der Waals surface area (Å²) in [6, 6.07) is 8.08. The molecule has 0 radical (unpaired) electrons. The van der Waals surface area contributed by atoms with Crippen LogP contribution in [0, 0.1) is 3.57 Å².